The SMILES string of the molecule is CCCCn1c(N)c(N(CC)C(=O)C[NH2+]C23CC4CC(CC(C4)C2)C3)c(=O)[nH]c1=O. The third-order valence-corrected chi connectivity index (χ3v) is 7.63. The van der Waals surface area contributed by atoms with Gasteiger partial charge in [-0.05, 0) is 50.4 Å². The first kappa shape index (κ1) is 21.2. The van der Waals surface area contributed by atoms with Gasteiger partial charge in [-0.1, -0.05) is 13.3 Å². The van der Waals surface area contributed by atoms with Gasteiger partial charge in [-0.3, -0.25) is 24.0 Å². The number of amides is 1. The largest absolute Gasteiger partial charge is 0.383 e. The summed E-state index contributed by atoms with van der Waals surface area (Å²) in [6, 6.07) is 0. The number of aromatic amines is 1. The van der Waals surface area contributed by atoms with E-state index >= 15 is 0 Å². The molecule has 1 amide bonds. The average Bonchev–Trinajstić information content (AvgIpc) is 2.68. The van der Waals surface area contributed by atoms with Crippen molar-refractivity contribution in [3.8, 4) is 0 Å². The molecule has 0 aliphatic heterocycles. The van der Waals surface area contributed by atoms with E-state index in [-0.39, 0.29) is 23.0 Å². The van der Waals surface area contributed by atoms with Crippen molar-refractivity contribution in [3.05, 3.63) is 20.8 Å². The smallest absolute Gasteiger partial charge is 0.330 e. The van der Waals surface area contributed by atoms with Crippen molar-refractivity contribution in [2.45, 2.75) is 77.3 Å². The number of H-pyrrole nitrogens is 1. The molecule has 5 rings (SSSR count). The molecule has 1 heterocycles. The molecular weight excluding hydrogens is 382 g/mol. The van der Waals surface area contributed by atoms with E-state index < -0.39 is 11.2 Å². The van der Waals surface area contributed by atoms with E-state index in [1.807, 2.05) is 13.8 Å². The summed E-state index contributed by atoms with van der Waals surface area (Å²) in [6.07, 6.45) is 9.41. The number of carbonyl (C=O) groups excluding carboxylic acids is 1. The fourth-order valence-corrected chi connectivity index (χ4v) is 6.68. The molecule has 0 aromatic carbocycles. The van der Waals surface area contributed by atoms with E-state index in [0.29, 0.717) is 19.6 Å². The number of quaternary nitrogens is 1. The van der Waals surface area contributed by atoms with E-state index in [4.69, 9.17) is 5.73 Å². The highest BCUT2D eigenvalue weighted by Crippen LogP contribution is 2.54. The molecule has 0 atom stereocenters. The summed E-state index contributed by atoms with van der Waals surface area (Å²) in [7, 11) is 0. The molecule has 1 aromatic heterocycles. The Kier molecular flexibility index (Phi) is 5.79. The third kappa shape index (κ3) is 3.82. The molecule has 30 heavy (non-hydrogen) atoms. The van der Waals surface area contributed by atoms with Gasteiger partial charge in [0.2, 0.25) is 0 Å². The molecule has 8 nitrogen and oxygen atoms in total. The minimum Gasteiger partial charge on any atom is -0.383 e. The number of unbranched alkanes of at least 4 members (excludes halogenated alkanes) is 1. The van der Waals surface area contributed by atoms with Crippen LogP contribution in [-0.2, 0) is 11.3 Å². The highest BCUT2D eigenvalue weighted by molar-refractivity contribution is 5.96. The maximum absolute atomic E-state index is 13.2. The first-order valence-electron chi connectivity index (χ1n) is 11.6. The Morgan fingerprint density at radius 3 is 2.30 bits per heavy atom. The summed E-state index contributed by atoms with van der Waals surface area (Å²) in [6.45, 7) is 4.94. The quantitative estimate of drug-likeness (QED) is 0.579. The Bertz CT molecular complexity index is 883. The molecule has 4 bridgehead atoms. The van der Waals surface area contributed by atoms with Gasteiger partial charge >= 0.3 is 5.69 Å². The van der Waals surface area contributed by atoms with Crippen LogP contribution in [0.15, 0.2) is 9.59 Å². The summed E-state index contributed by atoms with van der Waals surface area (Å²) in [5.41, 5.74) is 5.42. The minimum atomic E-state index is -0.588. The number of likely N-dealkylation sites (N-methyl/N-ethyl adjacent to an activating group) is 1. The van der Waals surface area contributed by atoms with Gasteiger partial charge in [0.05, 0.1) is 5.54 Å². The maximum atomic E-state index is 13.2. The number of rotatable bonds is 8. The van der Waals surface area contributed by atoms with Crippen LogP contribution in [0.5, 0.6) is 0 Å². The Morgan fingerprint density at radius 1 is 1.17 bits per heavy atom. The number of hydrogen-bond donors (Lipinski definition) is 3. The number of nitrogens with zero attached hydrogens (tertiary/aromatic N) is 2. The molecule has 0 radical (unpaired) electrons. The molecule has 4 aliphatic carbocycles. The van der Waals surface area contributed by atoms with Crippen LogP contribution >= 0.6 is 0 Å². The second-order valence-corrected chi connectivity index (χ2v) is 9.82. The molecule has 5 N–H and O–H groups in total. The zero-order chi connectivity index (χ0) is 21.5. The van der Waals surface area contributed by atoms with E-state index in [9.17, 15) is 14.4 Å². The Hall–Kier alpha value is -2.09. The van der Waals surface area contributed by atoms with E-state index in [2.05, 4.69) is 10.3 Å². The Morgan fingerprint density at radius 2 is 1.77 bits per heavy atom. The van der Waals surface area contributed by atoms with Crippen LogP contribution in [0.3, 0.4) is 0 Å². The molecule has 0 spiro atoms. The van der Waals surface area contributed by atoms with Crippen LogP contribution < -0.4 is 27.2 Å². The van der Waals surface area contributed by atoms with Gasteiger partial charge in [-0.15, -0.1) is 0 Å². The highest BCUT2D eigenvalue weighted by atomic mass is 16.2. The van der Waals surface area contributed by atoms with Gasteiger partial charge in [-0.25, -0.2) is 4.79 Å². The number of anilines is 2. The number of nitrogen functional groups attached to an aromatic ring is 1. The van der Waals surface area contributed by atoms with Gasteiger partial charge in [0.15, 0.2) is 12.2 Å². The first-order valence-corrected chi connectivity index (χ1v) is 11.6. The fourth-order valence-electron chi connectivity index (χ4n) is 6.68. The van der Waals surface area contributed by atoms with Crippen LogP contribution in [0.4, 0.5) is 11.5 Å². The number of nitrogens with two attached hydrogens (primary N) is 2. The molecule has 4 aliphatic rings. The standard InChI is InChI=1S/C22H35N5O3/c1-3-5-6-27-19(23)18(20(29)25-21(27)30)26(4-2)17(28)13-24-22-10-14-7-15(11-22)9-16(8-14)12-22/h14-16,24H,3-13,23H2,1-2H3,(H,25,29,30)/p+1. The number of nitrogens with one attached hydrogen (secondary N) is 1. The Labute approximate surface area is 177 Å². The molecule has 4 saturated carbocycles. The van der Waals surface area contributed by atoms with Gasteiger partial charge in [0.25, 0.3) is 11.5 Å². The van der Waals surface area contributed by atoms with Crippen molar-refractivity contribution < 1.29 is 10.1 Å². The van der Waals surface area contributed by atoms with Crippen LogP contribution in [0.2, 0.25) is 0 Å². The molecule has 1 aromatic rings. The first-order chi connectivity index (χ1) is 14.4. The summed E-state index contributed by atoms with van der Waals surface area (Å²) < 4.78 is 1.37. The van der Waals surface area contributed by atoms with Crippen molar-refractivity contribution in [1.29, 1.82) is 0 Å². The van der Waals surface area contributed by atoms with Crippen molar-refractivity contribution in [2.75, 3.05) is 23.7 Å². The number of carbonyl (C=O) groups is 1. The topological polar surface area (TPSA) is 118 Å². The second-order valence-electron chi connectivity index (χ2n) is 9.82. The van der Waals surface area contributed by atoms with Crippen LogP contribution in [0.1, 0.15) is 65.2 Å². The lowest BCUT2D eigenvalue weighted by Crippen LogP contribution is -3.00. The van der Waals surface area contributed by atoms with Crippen LogP contribution in [0.25, 0.3) is 0 Å². The van der Waals surface area contributed by atoms with Gasteiger partial charge in [-0.2, -0.15) is 0 Å². The maximum Gasteiger partial charge on any atom is 0.330 e. The van der Waals surface area contributed by atoms with Crippen molar-refractivity contribution >= 4 is 17.4 Å². The lowest BCUT2D eigenvalue weighted by atomic mass is 9.53. The van der Waals surface area contributed by atoms with Gasteiger partial charge in [0.1, 0.15) is 5.82 Å². The molecule has 8 heteroatoms. The van der Waals surface area contributed by atoms with Gasteiger partial charge < -0.3 is 11.1 Å². The lowest BCUT2D eigenvalue weighted by Gasteiger charge is -2.54. The number of hydrogen-bond acceptors (Lipinski definition) is 4. The van der Waals surface area contributed by atoms with E-state index in [1.54, 1.807) is 0 Å². The highest BCUT2D eigenvalue weighted by Gasteiger charge is 2.53. The lowest BCUT2D eigenvalue weighted by molar-refractivity contribution is -0.729. The number of aromatic nitrogens is 2. The van der Waals surface area contributed by atoms with Crippen molar-refractivity contribution in [2.24, 2.45) is 17.8 Å². The zero-order valence-electron chi connectivity index (χ0n) is 18.3. The monoisotopic (exact) mass is 418 g/mol. The normalized spacial score (nSPS) is 29.3. The molecule has 0 unspecified atom stereocenters. The van der Waals surface area contributed by atoms with Crippen LogP contribution in [0, 0.1) is 17.8 Å². The predicted octanol–water partition coefficient (Wildman–Crippen LogP) is 0.804. The second kappa shape index (κ2) is 8.21. The van der Waals surface area contributed by atoms with E-state index in [0.717, 1.165) is 30.6 Å². The average molecular weight is 419 g/mol. The third-order valence-electron chi connectivity index (χ3n) is 7.63. The fraction of sp³-hybridized carbons (Fsp3) is 0.773. The summed E-state index contributed by atoms with van der Waals surface area (Å²) in [4.78, 5) is 41.7. The summed E-state index contributed by atoms with van der Waals surface area (Å²) in [5, 5.41) is 2.25. The molecule has 166 valence electrons. The molecule has 4 fully saturated rings. The van der Waals surface area contributed by atoms with Crippen molar-refractivity contribution in [1.82, 2.24) is 9.55 Å². The van der Waals surface area contributed by atoms with Crippen molar-refractivity contribution in [3.63, 3.8) is 0 Å². The predicted molar refractivity (Wildman–Crippen MR) is 116 cm³/mol. The van der Waals surface area contributed by atoms with E-state index in [1.165, 1.54) is 48.0 Å². The molecule has 0 saturated heterocycles. The van der Waals surface area contributed by atoms with Gasteiger partial charge in [0, 0.05) is 32.4 Å². The van der Waals surface area contributed by atoms with Crippen LogP contribution in [-0.4, -0.2) is 34.1 Å². The summed E-state index contributed by atoms with van der Waals surface area (Å²) >= 11 is 0. The Balaban J connectivity index is 1.52. The zero-order valence-corrected chi connectivity index (χ0v) is 18.3. The summed E-state index contributed by atoms with van der Waals surface area (Å²) in [5.74, 6) is 2.44. The minimum absolute atomic E-state index is 0.0854. The molecular formula is C22H36N5O3+.